The Labute approximate surface area is 468 Å². The van der Waals surface area contributed by atoms with E-state index in [1.54, 1.807) is 0 Å². The van der Waals surface area contributed by atoms with E-state index in [4.69, 9.17) is 0 Å². The molecule has 14 aromatic rings. The topological polar surface area (TPSA) is 6.48 Å². The highest BCUT2D eigenvalue weighted by Crippen LogP contribution is 2.49. The van der Waals surface area contributed by atoms with Crippen molar-refractivity contribution in [3.05, 3.63) is 314 Å². The van der Waals surface area contributed by atoms with Gasteiger partial charge in [0.2, 0.25) is 0 Å². The van der Waals surface area contributed by atoms with Crippen LogP contribution in [0.3, 0.4) is 0 Å². The van der Waals surface area contributed by atoms with Crippen molar-refractivity contribution in [2.24, 2.45) is 0 Å². The van der Waals surface area contributed by atoms with Gasteiger partial charge >= 0.3 is 0 Å². The van der Waals surface area contributed by atoms with Crippen molar-refractivity contribution in [3.8, 4) is 66.8 Å². The Morgan fingerprint density at radius 2 is 0.500 bits per heavy atom. The maximum Gasteiger partial charge on any atom is 0.0540 e. The third kappa shape index (κ3) is 8.74. The highest BCUT2D eigenvalue weighted by Gasteiger charge is 2.24. The zero-order chi connectivity index (χ0) is 53.5. The van der Waals surface area contributed by atoms with Crippen LogP contribution in [0.1, 0.15) is 11.1 Å². The summed E-state index contributed by atoms with van der Waals surface area (Å²) in [7, 11) is 0. The third-order valence-corrected chi connectivity index (χ3v) is 15.9. The number of nitrogens with zero attached hydrogens (tertiary/aromatic N) is 2. The first-order chi connectivity index (χ1) is 39.5. The Morgan fingerprint density at radius 3 is 0.863 bits per heavy atom. The molecule has 0 N–H and O–H groups in total. The normalized spacial score (nSPS) is 11.4. The minimum atomic E-state index is 1.09. The van der Waals surface area contributed by atoms with Crippen LogP contribution in [-0.4, -0.2) is 0 Å². The second-order valence-electron chi connectivity index (χ2n) is 21.0. The lowest BCUT2D eigenvalue weighted by molar-refractivity contribution is 1.28. The Bertz CT molecular complexity index is 4280. The zero-order valence-corrected chi connectivity index (χ0v) is 44.8. The van der Waals surface area contributed by atoms with Gasteiger partial charge in [-0.05, 0) is 174 Å². The van der Waals surface area contributed by atoms with Gasteiger partial charge in [0.1, 0.15) is 0 Å². The molecule has 2 heteroatoms. The van der Waals surface area contributed by atoms with Crippen LogP contribution in [0, 0.1) is 13.8 Å². The fourth-order valence-corrected chi connectivity index (χ4v) is 12.3. The van der Waals surface area contributed by atoms with Gasteiger partial charge in [-0.3, -0.25) is 0 Å². The number of aryl methyl sites for hydroxylation is 2. The molecule has 0 unspecified atom stereocenters. The van der Waals surface area contributed by atoms with Gasteiger partial charge in [-0.1, -0.05) is 243 Å². The molecule has 0 aliphatic rings. The first kappa shape index (κ1) is 48.1. The van der Waals surface area contributed by atoms with Crippen LogP contribution in [0.2, 0.25) is 0 Å². The molecule has 0 fully saturated rings. The zero-order valence-electron chi connectivity index (χ0n) is 44.8. The van der Waals surface area contributed by atoms with Gasteiger partial charge in [0.15, 0.2) is 0 Å². The van der Waals surface area contributed by atoms with E-state index in [9.17, 15) is 0 Å². The van der Waals surface area contributed by atoms with Crippen LogP contribution in [0.15, 0.2) is 303 Å². The second kappa shape index (κ2) is 20.6. The van der Waals surface area contributed by atoms with E-state index in [0.717, 1.165) is 45.3 Å². The van der Waals surface area contributed by atoms with Crippen LogP contribution in [-0.2, 0) is 0 Å². The van der Waals surface area contributed by atoms with E-state index in [-0.39, 0.29) is 0 Å². The Kier molecular flexibility index (Phi) is 12.4. The average Bonchev–Trinajstić information content (AvgIpc) is 3.71. The standard InChI is InChI=1S/C78H56N2/c1-53-21-17-29-61(49-53)79(63-31-19-27-59(51-63)67-35-11-15-39-71(67)69-37-13-9-33-65(69)55-23-5-3-6-24-55)75-47-43-57-42-46-74-76(48-44-58-41-45-73(75)77(57)78(58)74)80(62-30-18-22-54(2)50-62)64-32-20-28-60(52-64)68-36-12-16-40-72(68)70-38-14-10-34-66(70)56-25-7-4-8-26-56/h3-52H,1-2H3. The van der Waals surface area contributed by atoms with Crippen LogP contribution in [0.4, 0.5) is 34.1 Å². The van der Waals surface area contributed by atoms with Gasteiger partial charge in [-0.25, -0.2) is 0 Å². The van der Waals surface area contributed by atoms with Crippen LogP contribution < -0.4 is 9.80 Å². The summed E-state index contributed by atoms with van der Waals surface area (Å²) >= 11 is 0. The number of benzene rings is 14. The predicted molar refractivity (Wildman–Crippen MR) is 342 cm³/mol. The van der Waals surface area contributed by atoms with Crippen molar-refractivity contribution in [2.75, 3.05) is 9.80 Å². The molecule has 14 aromatic carbocycles. The largest absolute Gasteiger partial charge is 0.310 e. The monoisotopic (exact) mass is 1020 g/mol. The number of rotatable bonds is 12. The Balaban J connectivity index is 0.923. The molecule has 0 spiro atoms. The quantitative estimate of drug-likeness (QED) is 0.113. The second-order valence-corrected chi connectivity index (χ2v) is 21.0. The lowest BCUT2D eigenvalue weighted by Crippen LogP contribution is -2.12. The molecule has 0 radical (unpaired) electrons. The molecule has 0 aliphatic carbocycles. The molecule has 0 bridgehead atoms. The molecule has 14 rings (SSSR count). The van der Waals surface area contributed by atoms with Crippen molar-refractivity contribution in [2.45, 2.75) is 13.8 Å². The Morgan fingerprint density at radius 1 is 0.212 bits per heavy atom. The maximum absolute atomic E-state index is 2.46. The number of hydrogen-bond donors (Lipinski definition) is 0. The summed E-state index contributed by atoms with van der Waals surface area (Å²) in [6.07, 6.45) is 0. The first-order valence-electron chi connectivity index (χ1n) is 27.7. The maximum atomic E-state index is 2.46. The summed E-state index contributed by atoms with van der Waals surface area (Å²) in [6, 6.07) is 111. The molecule has 0 heterocycles. The van der Waals surface area contributed by atoms with Crippen molar-refractivity contribution in [1.29, 1.82) is 0 Å². The molecule has 0 aliphatic heterocycles. The van der Waals surface area contributed by atoms with E-state index < -0.39 is 0 Å². The summed E-state index contributed by atoms with van der Waals surface area (Å²) in [5, 5.41) is 7.30. The van der Waals surface area contributed by atoms with E-state index in [1.807, 2.05) is 0 Å². The van der Waals surface area contributed by atoms with E-state index in [2.05, 4.69) is 327 Å². The van der Waals surface area contributed by atoms with E-state index in [0.29, 0.717) is 0 Å². The first-order valence-corrected chi connectivity index (χ1v) is 27.7. The summed E-state index contributed by atoms with van der Waals surface area (Å²) in [5.74, 6) is 0. The van der Waals surface area contributed by atoms with E-state index >= 15 is 0 Å². The average molecular weight is 1020 g/mol. The highest BCUT2D eigenvalue weighted by molar-refractivity contribution is 6.28. The van der Waals surface area contributed by atoms with Gasteiger partial charge in [0, 0.05) is 33.5 Å². The van der Waals surface area contributed by atoms with Gasteiger partial charge in [-0.2, -0.15) is 0 Å². The molecular weight excluding hydrogens is 965 g/mol. The van der Waals surface area contributed by atoms with Crippen LogP contribution in [0.5, 0.6) is 0 Å². The van der Waals surface area contributed by atoms with Gasteiger partial charge < -0.3 is 9.80 Å². The third-order valence-electron chi connectivity index (χ3n) is 15.9. The fourth-order valence-electron chi connectivity index (χ4n) is 12.3. The van der Waals surface area contributed by atoms with Crippen molar-refractivity contribution < 1.29 is 0 Å². The van der Waals surface area contributed by atoms with Gasteiger partial charge in [0.25, 0.3) is 0 Å². The molecule has 0 atom stereocenters. The summed E-state index contributed by atoms with van der Waals surface area (Å²) in [4.78, 5) is 4.93. The fraction of sp³-hybridized carbons (Fsp3) is 0.0256. The van der Waals surface area contributed by atoms with Crippen molar-refractivity contribution in [1.82, 2.24) is 0 Å². The van der Waals surface area contributed by atoms with Crippen molar-refractivity contribution >= 4 is 66.4 Å². The van der Waals surface area contributed by atoms with Crippen molar-refractivity contribution in [3.63, 3.8) is 0 Å². The van der Waals surface area contributed by atoms with Gasteiger partial charge in [-0.15, -0.1) is 0 Å². The molecule has 0 saturated heterocycles. The summed E-state index contributed by atoms with van der Waals surface area (Å²) < 4.78 is 0. The summed E-state index contributed by atoms with van der Waals surface area (Å²) in [5.41, 5.74) is 23.4. The molecular formula is C78H56N2. The number of anilines is 6. The molecule has 0 amide bonds. The Hall–Kier alpha value is -10.3. The predicted octanol–water partition coefficient (Wildman–Crippen LogP) is 22.1. The van der Waals surface area contributed by atoms with E-state index in [1.165, 1.54) is 99.1 Å². The number of hydrogen-bond acceptors (Lipinski definition) is 2. The highest BCUT2D eigenvalue weighted by atomic mass is 15.1. The SMILES string of the molecule is Cc1cccc(N(c2cccc(-c3ccccc3-c3ccccc3-c3ccccc3)c2)c2ccc3ccc4c(N(c5cccc(C)c5)c5cccc(-c6ccccc6-c6ccccc6-c6ccccc6)c5)ccc5ccc2c3c54)c1. The molecule has 0 aromatic heterocycles. The summed E-state index contributed by atoms with van der Waals surface area (Å²) in [6.45, 7) is 4.37. The molecule has 80 heavy (non-hydrogen) atoms. The smallest absolute Gasteiger partial charge is 0.0540 e. The molecule has 0 saturated carbocycles. The molecule has 378 valence electrons. The van der Waals surface area contributed by atoms with Crippen LogP contribution >= 0.6 is 0 Å². The molecule has 2 nitrogen and oxygen atoms in total. The lowest BCUT2D eigenvalue weighted by atomic mass is 9.89. The van der Waals surface area contributed by atoms with Crippen LogP contribution in [0.25, 0.3) is 99.1 Å². The van der Waals surface area contributed by atoms with Gasteiger partial charge in [0.05, 0.1) is 11.4 Å². The lowest BCUT2D eigenvalue weighted by Gasteiger charge is -2.30. The minimum absolute atomic E-state index is 1.09. The minimum Gasteiger partial charge on any atom is -0.310 e.